The van der Waals surface area contributed by atoms with Gasteiger partial charge in [0.05, 0.1) is 18.1 Å². The molecule has 92 valence electrons. The number of aryl methyl sites for hydroxylation is 2. The number of thiophene rings is 1. The zero-order chi connectivity index (χ0) is 12.3. The monoisotopic (exact) mass is 252 g/mol. The fourth-order valence-electron chi connectivity index (χ4n) is 1.76. The first-order valence-corrected chi connectivity index (χ1v) is 6.36. The van der Waals surface area contributed by atoms with E-state index in [9.17, 15) is 5.11 Å². The minimum atomic E-state index is -0.485. The second-order valence-electron chi connectivity index (χ2n) is 3.86. The minimum Gasteiger partial charge on any atom is -0.495 e. The Morgan fingerprint density at radius 3 is 3.06 bits per heavy atom. The molecule has 1 unspecified atom stereocenters. The molecule has 0 fully saturated rings. The molecule has 1 atom stereocenters. The van der Waals surface area contributed by atoms with Gasteiger partial charge in [-0.3, -0.25) is 0 Å². The molecule has 0 saturated carbocycles. The van der Waals surface area contributed by atoms with Crippen LogP contribution in [0.1, 0.15) is 23.2 Å². The molecule has 17 heavy (non-hydrogen) atoms. The zero-order valence-corrected chi connectivity index (χ0v) is 10.8. The van der Waals surface area contributed by atoms with Crippen molar-refractivity contribution >= 4 is 11.3 Å². The van der Waals surface area contributed by atoms with Gasteiger partial charge in [-0.25, -0.2) is 4.98 Å². The molecule has 0 aliphatic heterocycles. The van der Waals surface area contributed by atoms with E-state index in [0.717, 1.165) is 22.9 Å². The summed E-state index contributed by atoms with van der Waals surface area (Å²) in [5.74, 6) is 1.75. The van der Waals surface area contributed by atoms with E-state index < -0.39 is 6.10 Å². The number of rotatable bonds is 5. The Hall–Kier alpha value is -1.33. The summed E-state index contributed by atoms with van der Waals surface area (Å²) in [5.41, 5.74) is 0. The molecule has 0 saturated heterocycles. The van der Waals surface area contributed by atoms with Gasteiger partial charge in [0, 0.05) is 25.9 Å². The lowest BCUT2D eigenvalue weighted by molar-refractivity contribution is 0.167. The lowest BCUT2D eigenvalue weighted by Crippen LogP contribution is -2.03. The number of nitrogens with zero attached hydrogens (tertiary/aromatic N) is 2. The maximum Gasteiger partial charge on any atom is 0.135 e. The average molecular weight is 252 g/mol. The molecule has 0 radical (unpaired) electrons. The van der Waals surface area contributed by atoms with Gasteiger partial charge >= 0.3 is 0 Å². The Morgan fingerprint density at radius 2 is 2.41 bits per heavy atom. The van der Waals surface area contributed by atoms with Crippen LogP contribution in [-0.2, 0) is 13.5 Å². The molecule has 0 bridgehead atoms. The predicted octanol–water partition coefficient (Wildman–Crippen LogP) is 2.16. The van der Waals surface area contributed by atoms with Crippen LogP contribution in [0, 0.1) is 0 Å². The molecular formula is C12H16N2O2S. The van der Waals surface area contributed by atoms with Crippen molar-refractivity contribution in [2.45, 2.75) is 18.9 Å². The third-order valence-electron chi connectivity index (χ3n) is 2.74. The van der Waals surface area contributed by atoms with Crippen LogP contribution in [-0.4, -0.2) is 21.8 Å². The van der Waals surface area contributed by atoms with Gasteiger partial charge in [-0.05, 0) is 17.9 Å². The predicted molar refractivity (Wildman–Crippen MR) is 67.4 cm³/mol. The summed E-state index contributed by atoms with van der Waals surface area (Å²) in [6.45, 7) is 0. The number of aromatic nitrogens is 2. The van der Waals surface area contributed by atoms with Gasteiger partial charge in [0.15, 0.2) is 0 Å². The standard InChI is InChI=1S/C12H16N2O2S/c1-14-7-6-13-11(14)4-3-9(15)12-10(16-2)5-8-17-12/h5-9,15H,3-4H2,1-2H3. The van der Waals surface area contributed by atoms with Crippen molar-refractivity contribution < 1.29 is 9.84 Å². The number of ether oxygens (including phenoxy) is 1. The average Bonchev–Trinajstić information content (AvgIpc) is 2.94. The lowest BCUT2D eigenvalue weighted by Gasteiger charge is -2.10. The molecule has 1 N–H and O–H groups in total. The van der Waals surface area contributed by atoms with E-state index in [0.29, 0.717) is 6.42 Å². The molecule has 2 heterocycles. The van der Waals surface area contributed by atoms with Gasteiger partial charge < -0.3 is 14.4 Å². The van der Waals surface area contributed by atoms with Crippen molar-refractivity contribution in [1.82, 2.24) is 9.55 Å². The van der Waals surface area contributed by atoms with Gasteiger partial charge in [-0.15, -0.1) is 11.3 Å². The molecule has 0 spiro atoms. The summed E-state index contributed by atoms with van der Waals surface area (Å²) < 4.78 is 7.17. The van der Waals surface area contributed by atoms with Crippen molar-refractivity contribution in [3.63, 3.8) is 0 Å². The van der Waals surface area contributed by atoms with E-state index in [4.69, 9.17) is 4.74 Å². The summed E-state index contributed by atoms with van der Waals surface area (Å²) in [4.78, 5) is 5.13. The van der Waals surface area contributed by atoms with Crippen molar-refractivity contribution in [2.24, 2.45) is 7.05 Å². The van der Waals surface area contributed by atoms with Gasteiger partial charge in [0.25, 0.3) is 0 Å². The van der Waals surface area contributed by atoms with Crippen LogP contribution in [0.15, 0.2) is 23.8 Å². The Balaban J connectivity index is 1.98. The molecule has 2 aromatic rings. The highest BCUT2D eigenvalue weighted by Crippen LogP contribution is 2.32. The molecule has 2 aromatic heterocycles. The second kappa shape index (κ2) is 5.33. The van der Waals surface area contributed by atoms with E-state index in [1.165, 1.54) is 11.3 Å². The highest BCUT2D eigenvalue weighted by molar-refractivity contribution is 7.10. The lowest BCUT2D eigenvalue weighted by atomic mass is 10.1. The summed E-state index contributed by atoms with van der Waals surface area (Å²) in [6.07, 6.45) is 4.61. The van der Waals surface area contributed by atoms with Gasteiger partial charge in [-0.1, -0.05) is 0 Å². The Kier molecular flexibility index (Phi) is 3.81. The molecule has 0 aliphatic carbocycles. The topological polar surface area (TPSA) is 47.3 Å². The quantitative estimate of drug-likeness (QED) is 0.887. The zero-order valence-electron chi connectivity index (χ0n) is 9.96. The van der Waals surface area contributed by atoms with Crippen LogP contribution in [0.2, 0.25) is 0 Å². The molecule has 0 aromatic carbocycles. The number of methoxy groups -OCH3 is 1. The first-order chi connectivity index (χ1) is 8.22. The summed E-state index contributed by atoms with van der Waals surface area (Å²) in [6, 6.07) is 1.88. The van der Waals surface area contributed by atoms with E-state index in [-0.39, 0.29) is 0 Å². The maximum absolute atomic E-state index is 10.1. The SMILES string of the molecule is COc1ccsc1C(O)CCc1nccn1C. The largest absolute Gasteiger partial charge is 0.495 e. The van der Waals surface area contributed by atoms with E-state index >= 15 is 0 Å². The van der Waals surface area contributed by atoms with Crippen LogP contribution in [0.3, 0.4) is 0 Å². The summed E-state index contributed by atoms with van der Waals surface area (Å²) in [5, 5.41) is 12.0. The van der Waals surface area contributed by atoms with E-state index in [2.05, 4.69) is 4.98 Å². The van der Waals surface area contributed by atoms with Crippen LogP contribution in [0.5, 0.6) is 5.75 Å². The van der Waals surface area contributed by atoms with Crippen LogP contribution in [0.4, 0.5) is 0 Å². The Labute approximate surface area is 105 Å². The van der Waals surface area contributed by atoms with Gasteiger partial charge in [-0.2, -0.15) is 0 Å². The molecule has 5 heteroatoms. The van der Waals surface area contributed by atoms with E-state index in [1.54, 1.807) is 13.3 Å². The number of imidazole rings is 1. The number of hydrogen-bond acceptors (Lipinski definition) is 4. The molecular weight excluding hydrogens is 236 g/mol. The number of aliphatic hydroxyl groups excluding tert-OH is 1. The van der Waals surface area contributed by atoms with E-state index in [1.807, 2.05) is 29.3 Å². The van der Waals surface area contributed by atoms with Crippen LogP contribution < -0.4 is 4.74 Å². The summed E-state index contributed by atoms with van der Waals surface area (Å²) in [7, 11) is 3.58. The fourth-order valence-corrected chi connectivity index (χ4v) is 2.64. The molecule has 0 aliphatic rings. The van der Waals surface area contributed by atoms with Gasteiger partial charge in [0.1, 0.15) is 11.6 Å². The number of aliphatic hydroxyl groups is 1. The normalized spacial score (nSPS) is 12.6. The van der Waals surface area contributed by atoms with Crippen molar-refractivity contribution in [3.05, 3.63) is 34.5 Å². The fraction of sp³-hybridized carbons (Fsp3) is 0.417. The third kappa shape index (κ3) is 2.68. The van der Waals surface area contributed by atoms with Crippen molar-refractivity contribution in [3.8, 4) is 5.75 Å². The first kappa shape index (κ1) is 12.1. The van der Waals surface area contributed by atoms with Crippen molar-refractivity contribution in [1.29, 1.82) is 0 Å². The van der Waals surface area contributed by atoms with Gasteiger partial charge in [0.2, 0.25) is 0 Å². The third-order valence-corrected chi connectivity index (χ3v) is 3.74. The summed E-state index contributed by atoms with van der Waals surface area (Å²) >= 11 is 1.52. The highest BCUT2D eigenvalue weighted by atomic mass is 32.1. The Bertz CT molecular complexity index is 478. The van der Waals surface area contributed by atoms with Crippen molar-refractivity contribution in [2.75, 3.05) is 7.11 Å². The van der Waals surface area contributed by atoms with Crippen LogP contribution in [0.25, 0.3) is 0 Å². The second-order valence-corrected chi connectivity index (χ2v) is 4.81. The first-order valence-electron chi connectivity index (χ1n) is 5.48. The smallest absolute Gasteiger partial charge is 0.135 e. The molecule has 2 rings (SSSR count). The molecule has 4 nitrogen and oxygen atoms in total. The maximum atomic E-state index is 10.1. The Morgan fingerprint density at radius 1 is 1.59 bits per heavy atom. The highest BCUT2D eigenvalue weighted by Gasteiger charge is 2.15. The minimum absolute atomic E-state index is 0.485. The number of hydrogen-bond donors (Lipinski definition) is 1. The van der Waals surface area contributed by atoms with Crippen LogP contribution >= 0.6 is 11.3 Å². The molecule has 0 amide bonds.